The second kappa shape index (κ2) is 8.69. The highest BCUT2D eigenvalue weighted by Gasteiger charge is 2.28. The van der Waals surface area contributed by atoms with Gasteiger partial charge in [-0.1, -0.05) is 24.3 Å². The van der Waals surface area contributed by atoms with E-state index in [0.29, 0.717) is 6.04 Å². The van der Waals surface area contributed by atoms with Crippen LogP contribution in [0.4, 0.5) is 15.8 Å². The molecule has 3 aromatic rings. The van der Waals surface area contributed by atoms with E-state index in [1.807, 2.05) is 24.1 Å². The maximum absolute atomic E-state index is 13.2. The summed E-state index contributed by atoms with van der Waals surface area (Å²) in [6.07, 6.45) is 0. The van der Waals surface area contributed by atoms with Crippen molar-refractivity contribution in [1.82, 2.24) is 9.80 Å². The largest absolute Gasteiger partial charge is 0.369 e. The molecule has 0 spiro atoms. The third-order valence-electron chi connectivity index (χ3n) is 6.46. The molecule has 2 heterocycles. The molecule has 0 radical (unpaired) electrons. The normalized spacial score (nSPS) is 17.7. The SMILES string of the molecule is CN(C)C(CN1CCN(c2ccc(F)cc2)CC1)CN1Sc2cccc3cccc1c23. The summed E-state index contributed by atoms with van der Waals surface area (Å²) in [5.74, 6) is -0.172. The van der Waals surface area contributed by atoms with Gasteiger partial charge in [0, 0.05) is 61.3 Å². The predicted octanol–water partition coefficient (Wildman–Crippen LogP) is 4.56. The molecule has 31 heavy (non-hydrogen) atoms. The van der Waals surface area contributed by atoms with Gasteiger partial charge in [0.15, 0.2) is 0 Å². The average Bonchev–Trinajstić information content (AvgIpc) is 3.14. The van der Waals surface area contributed by atoms with Crippen LogP contribution in [0.2, 0.25) is 0 Å². The highest BCUT2D eigenvalue weighted by atomic mass is 32.2. The Morgan fingerprint density at radius 2 is 1.61 bits per heavy atom. The Hall–Kier alpha value is -2.28. The van der Waals surface area contributed by atoms with Crippen molar-refractivity contribution in [2.24, 2.45) is 0 Å². The van der Waals surface area contributed by atoms with Gasteiger partial charge < -0.3 is 14.1 Å². The van der Waals surface area contributed by atoms with Gasteiger partial charge in [-0.25, -0.2) is 4.39 Å². The summed E-state index contributed by atoms with van der Waals surface area (Å²) in [7, 11) is 4.38. The maximum atomic E-state index is 13.2. The van der Waals surface area contributed by atoms with Crippen molar-refractivity contribution in [3.8, 4) is 0 Å². The number of anilines is 2. The lowest BCUT2D eigenvalue weighted by molar-refractivity contribution is 0.180. The maximum Gasteiger partial charge on any atom is 0.123 e. The Morgan fingerprint density at radius 3 is 2.32 bits per heavy atom. The number of halogens is 1. The average molecular weight is 437 g/mol. The zero-order chi connectivity index (χ0) is 21.4. The molecule has 162 valence electrons. The summed E-state index contributed by atoms with van der Waals surface area (Å²) < 4.78 is 15.7. The Kier molecular flexibility index (Phi) is 5.78. The van der Waals surface area contributed by atoms with E-state index in [0.717, 1.165) is 45.0 Å². The van der Waals surface area contributed by atoms with E-state index < -0.39 is 0 Å². The van der Waals surface area contributed by atoms with E-state index in [2.05, 4.69) is 69.5 Å². The van der Waals surface area contributed by atoms with Gasteiger partial charge in [-0.2, -0.15) is 0 Å². The molecule has 0 aliphatic carbocycles. The van der Waals surface area contributed by atoms with E-state index in [1.165, 1.54) is 21.4 Å². The van der Waals surface area contributed by atoms with E-state index in [1.54, 1.807) is 12.1 Å². The summed E-state index contributed by atoms with van der Waals surface area (Å²) in [6, 6.07) is 20.5. The molecule has 2 aliphatic heterocycles. The molecule has 1 fully saturated rings. The smallest absolute Gasteiger partial charge is 0.123 e. The molecular formula is C25H29FN4S. The van der Waals surface area contributed by atoms with Crippen LogP contribution in [0.15, 0.2) is 65.6 Å². The Morgan fingerprint density at radius 1 is 0.903 bits per heavy atom. The first kappa shape index (κ1) is 20.6. The minimum Gasteiger partial charge on any atom is -0.369 e. The topological polar surface area (TPSA) is 13.0 Å². The number of piperazine rings is 1. The number of likely N-dealkylation sites (N-methyl/N-ethyl adjacent to an activating group) is 1. The predicted molar refractivity (Wildman–Crippen MR) is 130 cm³/mol. The van der Waals surface area contributed by atoms with Gasteiger partial charge in [0.2, 0.25) is 0 Å². The van der Waals surface area contributed by atoms with Crippen LogP contribution in [0, 0.1) is 5.82 Å². The van der Waals surface area contributed by atoms with Crippen LogP contribution in [-0.4, -0.2) is 69.2 Å². The van der Waals surface area contributed by atoms with Crippen LogP contribution in [0.1, 0.15) is 0 Å². The van der Waals surface area contributed by atoms with Crippen LogP contribution >= 0.6 is 11.9 Å². The fraction of sp³-hybridized carbons (Fsp3) is 0.360. The molecule has 1 unspecified atom stereocenters. The number of benzene rings is 3. The van der Waals surface area contributed by atoms with Gasteiger partial charge in [0.25, 0.3) is 0 Å². The fourth-order valence-electron chi connectivity index (χ4n) is 4.59. The summed E-state index contributed by atoms with van der Waals surface area (Å²) in [4.78, 5) is 8.64. The number of hydrogen-bond donors (Lipinski definition) is 0. The fourth-order valence-corrected chi connectivity index (χ4v) is 5.78. The van der Waals surface area contributed by atoms with Gasteiger partial charge in [-0.15, -0.1) is 0 Å². The zero-order valence-corrected chi connectivity index (χ0v) is 19.0. The third kappa shape index (κ3) is 4.25. The summed E-state index contributed by atoms with van der Waals surface area (Å²) in [6.45, 7) is 6.07. The Bertz CT molecular complexity index is 1040. The van der Waals surface area contributed by atoms with Gasteiger partial charge in [-0.05, 0) is 67.8 Å². The van der Waals surface area contributed by atoms with Crippen molar-refractivity contribution in [3.05, 3.63) is 66.5 Å². The highest BCUT2D eigenvalue weighted by molar-refractivity contribution is 8.01. The van der Waals surface area contributed by atoms with Gasteiger partial charge in [0.05, 0.1) is 5.69 Å². The minimum atomic E-state index is -0.172. The molecule has 0 saturated carbocycles. The number of nitrogens with zero attached hydrogens (tertiary/aromatic N) is 4. The molecule has 0 bridgehead atoms. The first-order valence-electron chi connectivity index (χ1n) is 10.9. The monoisotopic (exact) mass is 436 g/mol. The lowest BCUT2D eigenvalue weighted by atomic mass is 10.1. The molecule has 0 aromatic heterocycles. The first-order valence-corrected chi connectivity index (χ1v) is 11.7. The van der Waals surface area contributed by atoms with Crippen molar-refractivity contribution in [2.45, 2.75) is 10.9 Å². The standard InChI is InChI=1S/C25H29FN4S/c1-27(2)22(17-28-13-15-29(16-14-28)21-11-9-20(26)10-12-21)18-30-23-7-3-5-19-6-4-8-24(31-30)25(19)23/h3-12,22H,13-18H2,1-2H3. The van der Waals surface area contributed by atoms with E-state index in [4.69, 9.17) is 0 Å². The minimum absolute atomic E-state index is 0.172. The number of hydrogen-bond acceptors (Lipinski definition) is 5. The van der Waals surface area contributed by atoms with Crippen LogP contribution in [0.5, 0.6) is 0 Å². The van der Waals surface area contributed by atoms with Crippen molar-refractivity contribution in [1.29, 1.82) is 0 Å². The van der Waals surface area contributed by atoms with Crippen LogP contribution in [0.25, 0.3) is 10.8 Å². The molecule has 5 rings (SSSR count). The van der Waals surface area contributed by atoms with Crippen LogP contribution in [0.3, 0.4) is 0 Å². The molecule has 2 aliphatic rings. The summed E-state index contributed by atoms with van der Waals surface area (Å²) >= 11 is 1.87. The molecule has 3 aromatic carbocycles. The van der Waals surface area contributed by atoms with Crippen LogP contribution in [-0.2, 0) is 0 Å². The van der Waals surface area contributed by atoms with Crippen molar-refractivity contribution < 1.29 is 4.39 Å². The van der Waals surface area contributed by atoms with Crippen LogP contribution < -0.4 is 9.21 Å². The second-order valence-electron chi connectivity index (χ2n) is 8.67. The van der Waals surface area contributed by atoms with Gasteiger partial charge in [0.1, 0.15) is 5.82 Å². The van der Waals surface area contributed by atoms with E-state index in [-0.39, 0.29) is 5.82 Å². The van der Waals surface area contributed by atoms with E-state index in [9.17, 15) is 4.39 Å². The van der Waals surface area contributed by atoms with Gasteiger partial charge >= 0.3 is 0 Å². The Labute approximate surface area is 188 Å². The molecule has 4 nitrogen and oxygen atoms in total. The lowest BCUT2D eigenvalue weighted by Gasteiger charge is -2.39. The molecule has 6 heteroatoms. The number of rotatable bonds is 6. The van der Waals surface area contributed by atoms with Crippen molar-refractivity contribution >= 4 is 34.1 Å². The Balaban J connectivity index is 1.23. The van der Waals surface area contributed by atoms with E-state index >= 15 is 0 Å². The van der Waals surface area contributed by atoms with Crippen molar-refractivity contribution in [2.75, 3.05) is 62.6 Å². The molecular weight excluding hydrogens is 407 g/mol. The summed E-state index contributed by atoms with van der Waals surface area (Å²) in [5, 5.41) is 2.71. The molecule has 0 amide bonds. The first-order chi connectivity index (χ1) is 15.1. The second-order valence-corrected chi connectivity index (χ2v) is 9.73. The third-order valence-corrected chi connectivity index (χ3v) is 7.56. The lowest BCUT2D eigenvalue weighted by Crippen LogP contribution is -2.52. The quantitative estimate of drug-likeness (QED) is 0.524. The summed E-state index contributed by atoms with van der Waals surface area (Å²) in [5.41, 5.74) is 2.45. The van der Waals surface area contributed by atoms with Crippen molar-refractivity contribution in [3.63, 3.8) is 0 Å². The molecule has 1 atom stereocenters. The zero-order valence-electron chi connectivity index (χ0n) is 18.2. The molecule has 0 N–H and O–H groups in total. The molecule has 1 saturated heterocycles. The van der Waals surface area contributed by atoms with Gasteiger partial charge in [-0.3, -0.25) is 4.90 Å². The highest BCUT2D eigenvalue weighted by Crippen LogP contribution is 2.46.